The van der Waals surface area contributed by atoms with E-state index in [1.807, 2.05) is 18.4 Å². The molecule has 1 aliphatic carbocycles. The molecule has 2 atom stereocenters. The van der Waals surface area contributed by atoms with Crippen LogP contribution in [0.5, 0.6) is 5.75 Å². The fraction of sp³-hybridized carbons (Fsp3) is 0.481. The number of benzene rings is 1. The second-order valence-corrected chi connectivity index (χ2v) is 12.3. The van der Waals surface area contributed by atoms with E-state index < -0.39 is 6.10 Å². The van der Waals surface area contributed by atoms with Crippen LogP contribution in [0.15, 0.2) is 29.4 Å². The fourth-order valence-corrected chi connectivity index (χ4v) is 6.70. The molecule has 2 aromatic heterocycles. The lowest BCUT2D eigenvalue weighted by Crippen LogP contribution is -2.26. The Labute approximate surface area is 225 Å². The third-order valence-corrected chi connectivity index (χ3v) is 8.88. The van der Waals surface area contributed by atoms with Gasteiger partial charge in [-0.25, -0.2) is 4.39 Å². The maximum Gasteiger partial charge on any atom is 0.235 e. The summed E-state index contributed by atoms with van der Waals surface area (Å²) in [6, 6.07) is 8.15. The molecule has 10 heteroatoms. The lowest BCUT2D eigenvalue weighted by molar-refractivity contribution is -0.113. The summed E-state index contributed by atoms with van der Waals surface area (Å²) < 4.78 is 21.0. The van der Waals surface area contributed by atoms with Crippen molar-refractivity contribution in [3.05, 3.63) is 51.9 Å². The SMILES string of the molecule is CCn1c(SCC(=O)Nc2sc3c(c2C#N)CCC(C(C)(C)C)C3)nnc1C(C)Oc1ccc(F)cc1. The lowest BCUT2D eigenvalue weighted by Gasteiger charge is -2.33. The van der Waals surface area contributed by atoms with Crippen LogP contribution >= 0.6 is 23.1 Å². The van der Waals surface area contributed by atoms with Crippen LogP contribution in [0.3, 0.4) is 0 Å². The number of amides is 1. The van der Waals surface area contributed by atoms with Crippen molar-refractivity contribution in [2.75, 3.05) is 11.1 Å². The van der Waals surface area contributed by atoms with E-state index in [-0.39, 0.29) is 22.9 Å². The van der Waals surface area contributed by atoms with Crippen molar-refractivity contribution in [1.82, 2.24) is 14.8 Å². The maximum absolute atomic E-state index is 13.2. The third-order valence-electron chi connectivity index (χ3n) is 6.74. The molecule has 7 nitrogen and oxygen atoms in total. The third kappa shape index (κ3) is 6.16. The number of nitriles is 1. The van der Waals surface area contributed by atoms with Crippen LogP contribution < -0.4 is 10.1 Å². The van der Waals surface area contributed by atoms with E-state index in [2.05, 4.69) is 42.4 Å². The predicted octanol–water partition coefficient (Wildman–Crippen LogP) is 6.39. The van der Waals surface area contributed by atoms with E-state index in [9.17, 15) is 14.4 Å². The van der Waals surface area contributed by atoms with Crippen molar-refractivity contribution in [3.8, 4) is 11.8 Å². The molecule has 0 saturated carbocycles. The number of ether oxygens (including phenoxy) is 1. The highest BCUT2D eigenvalue weighted by molar-refractivity contribution is 7.99. The smallest absolute Gasteiger partial charge is 0.235 e. The van der Waals surface area contributed by atoms with Crippen molar-refractivity contribution in [3.63, 3.8) is 0 Å². The molecule has 1 N–H and O–H groups in total. The molecule has 3 aromatic rings. The van der Waals surface area contributed by atoms with E-state index in [1.54, 1.807) is 12.1 Å². The molecule has 0 aliphatic heterocycles. The summed E-state index contributed by atoms with van der Waals surface area (Å²) in [7, 11) is 0. The maximum atomic E-state index is 13.2. The number of carbonyl (C=O) groups excluding carboxylic acids is 1. The van der Waals surface area contributed by atoms with Crippen molar-refractivity contribution in [1.29, 1.82) is 5.26 Å². The van der Waals surface area contributed by atoms with Gasteiger partial charge >= 0.3 is 0 Å². The zero-order valence-corrected chi connectivity index (χ0v) is 23.4. The molecule has 0 fully saturated rings. The van der Waals surface area contributed by atoms with Crippen LogP contribution in [0.1, 0.15) is 69.0 Å². The average molecular weight is 542 g/mol. The zero-order valence-electron chi connectivity index (χ0n) is 21.8. The molecule has 4 rings (SSSR count). The Morgan fingerprint density at radius 1 is 1.35 bits per heavy atom. The van der Waals surface area contributed by atoms with Gasteiger partial charge in [-0.05, 0) is 74.3 Å². The van der Waals surface area contributed by atoms with Gasteiger partial charge in [0, 0.05) is 11.4 Å². The van der Waals surface area contributed by atoms with Crippen molar-refractivity contribution < 1.29 is 13.9 Å². The van der Waals surface area contributed by atoms with E-state index in [0.717, 1.165) is 24.8 Å². The first-order valence-corrected chi connectivity index (χ1v) is 14.2. The quantitative estimate of drug-likeness (QED) is 0.332. The summed E-state index contributed by atoms with van der Waals surface area (Å²) in [6.07, 6.45) is 2.47. The Bertz CT molecular complexity index is 1300. The van der Waals surface area contributed by atoms with Gasteiger partial charge in [-0.3, -0.25) is 4.79 Å². The van der Waals surface area contributed by atoms with Gasteiger partial charge in [0.2, 0.25) is 5.91 Å². The van der Waals surface area contributed by atoms with Crippen LogP contribution in [0, 0.1) is 28.5 Å². The number of nitrogens with one attached hydrogen (secondary N) is 1. The van der Waals surface area contributed by atoms with Crippen LogP contribution in [-0.2, 0) is 24.2 Å². The Hall–Kier alpha value is -2.90. The molecule has 1 aliphatic rings. The van der Waals surface area contributed by atoms with E-state index in [4.69, 9.17) is 4.74 Å². The van der Waals surface area contributed by atoms with Gasteiger partial charge in [0.1, 0.15) is 22.6 Å². The van der Waals surface area contributed by atoms with Gasteiger partial charge in [0.25, 0.3) is 0 Å². The van der Waals surface area contributed by atoms with Gasteiger partial charge in [0.15, 0.2) is 17.1 Å². The molecule has 37 heavy (non-hydrogen) atoms. The number of halogens is 1. The topological polar surface area (TPSA) is 92.8 Å². The summed E-state index contributed by atoms with van der Waals surface area (Å²) in [5.74, 6) is 1.36. The largest absolute Gasteiger partial charge is 0.483 e. The van der Waals surface area contributed by atoms with E-state index >= 15 is 0 Å². The van der Waals surface area contributed by atoms with Crippen LogP contribution in [0.2, 0.25) is 0 Å². The molecular formula is C27H32FN5O2S2. The molecular weight excluding hydrogens is 509 g/mol. The Kier molecular flexibility index (Phi) is 8.24. The molecule has 2 heterocycles. The van der Waals surface area contributed by atoms with Crippen molar-refractivity contribution in [2.24, 2.45) is 11.3 Å². The number of anilines is 1. The highest BCUT2D eigenvalue weighted by atomic mass is 32.2. The Balaban J connectivity index is 1.40. The summed E-state index contributed by atoms with van der Waals surface area (Å²) in [4.78, 5) is 14.1. The molecule has 0 bridgehead atoms. The lowest BCUT2D eigenvalue weighted by atomic mass is 9.72. The van der Waals surface area contributed by atoms with E-state index in [1.165, 1.54) is 40.1 Å². The van der Waals surface area contributed by atoms with Crippen molar-refractivity contribution >= 4 is 34.0 Å². The molecule has 1 amide bonds. The highest BCUT2D eigenvalue weighted by Gasteiger charge is 2.32. The van der Waals surface area contributed by atoms with Gasteiger partial charge in [-0.1, -0.05) is 32.5 Å². The number of thiophene rings is 1. The monoisotopic (exact) mass is 541 g/mol. The highest BCUT2D eigenvalue weighted by Crippen LogP contribution is 2.44. The Morgan fingerprint density at radius 2 is 2.08 bits per heavy atom. The number of hydrogen-bond acceptors (Lipinski definition) is 7. The normalized spacial score (nSPS) is 16.1. The molecule has 2 unspecified atom stereocenters. The van der Waals surface area contributed by atoms with Gasteiger partial charge in [-0.15, -0.1) is 21.5 Å². The predicted molar refractivity (Wildman–Crippen MR) is 144 cm³/mol. The number of nitrogens with zero attached hydrogens (tertiary/aromatic N) is 4. The van der Waals surface area contributed by atoms with Crippen molar-refractivity contribution in [2.45, 2.75) is 71.7 Å². The number of hydrogen-bond donors (Lipinski definition) is 1. The summed E-state index contributed by atoms with van der Waals surface area (Å²) in [5.41, 5.74) is 1.92. The molecule has 0 saturated heterocycles. The summed E-state index contributed by atoms with van der Waals surface area (Å²) in [5, 5.41) is 22.6. The van der Waals surface area contributed by atoms with Crippen LogP contribution in [-0.4, -0.2) is 26.4 Å². The summed E-state index contributed by atoms with van der Waals surface area (Å²) in [6.45, 7) is 11.2. The minimum absolute atomic E-state index is 0.142. The molecule has 0 spiro atoms. The van der Waals surface area contributed by atoms with Crippen LogP contribution in [0.4, 0.5) is 9.39 Å². The number of rotatable bonds is 8. The second-order valence-electron chi connectivity index (χ2n) is 10.3. The number of thioether (sulfide) groups is 1. The number of fused-ring (bicyclic) bond motifs is 1. The number of aromatic nitrogens is 3. The molecule has 196 valence electrons. The van der Waals surface area contributed by atoms with Gasteiger partial charge < -0.3 is 14.6 Å². The molecule has 1 aromatic carbocycles. The van der Waals surface area contributed by atoms with Gasteiger partial charge in [-0.2, -0.15) is 5.26 Å². The first kappa shape index (κ1) is 27.1. The minimum atomic E-state index is -0.409. The summed E-state index contributed by atoms with van der Waals surface area (Å²) >= 11 is 2.83. The first-order chi connectivity index (χ1) is 17.6. The Morgan fingerprint density at radius 3 is 2.73 bits per heavy atom. The first-order valence-electron chi connectivity index (χ1n) is 12.4. The van der Waals surface area contributed by atoms with Crippen LogP contribution in [0.25, 0.3) is 0 Å². The molecule has 0 radical (unpaired) electrons. The second kappa shape index (κ2) is 11.2. The van der Waals surface area contributed by atoms with E-state index in [0.29, 0.717) is 39.8 Å². The standard InChI is InChI=1S/C27H32FN5O2S2/c1-6-33-24(16(2)35-19-10-8-18(28)9-11-19)31-32-26(33)36-15-23(34)30-25-21(14-29)20-12-7-17(27(3,4)5)13-22(20)37-25/h8-11,16-17H,6-7,12-13,15H2,1-5H3,(H,30,34). The average Bonchev–Trinajstić information content (AvgIpc) is 3.43. The minimum Gasteiger partial charge on any atom is -0.483 e. The van der Waals surface area contributed by atoms with Gasteiger partial charge in [0.05, 0.1) is 11.3 Å². The fourth-order valence-electron chi connectivity index (χ4n) is 4.60. The zero-order chi connectivity index (χ0) is 26.7. The number of carbonyl (C=O) groups is 1.